The Balaban J connectivity index is 3.38. The normalized spacial score (nSPS) is 9.92. The van der Waals surface area contributed by atoms with Gasteiger partial charge in [0.05, 0.1) is 5.56 Å². The van der Waals surface area contributed by atoms with E-state index < -0.39 is 11.7 Å². The van der Waals surface area contributed by atoms with Gasteiger partial charge in [0.1, 0.15) is 5.82 Å². The van der Waals surface area contributed by atoms with Crippen molar-refractivity contribution in [1.82, 2.24) is 0 Å². The third kappa shape index (κ3) is 1.84. The molecule has 2 N–H and O–H groups in total. The Morgan fingerprint density at radius 1 is 1.42 bits per heavy atom. The molecule has 0 heterocycles. The van der Waals surface area contributed by atoms with Gasteiger partial charge in [-0.1, -0.05) is 15.9 Å². The van der Waals surface area contributed by atoms with Crippen LogP contribution in [-0.4, -0.2) is 5.91 Å². The summed E-state index contributed by atoms with van der Waals surface area (Å²) in [5, 5.41) is 0. The molecule has 0 atom stereocenters. The molecule has 0 aliphatic heterocycles. The maximum absolute atomic E-state index is 13.0. The highest BCUT2D eigenvalue weighted by Gasteiger charge is 2.12. The third-order valence-electron chi connectivity index (χ3n) is 1.25. The van der Waals surface area contributed by atoms with E-state index in [1.807, 2.05) is 0 Å². The zero-order chi connectivity index (χ0) is 9.30. The van der Waals surface area contributed by atoms with E-state index in [0.717, 1.165) is 0 Å². The van der Waals surface area contributed by atoms with Crippen molar-refractivity contribution in [2.24, 2.45) is 5.73 Å². The number of hydrogen-bond acceptors (Lipinski definition) is 1. The van der Waals surface area contributed by atoms with Gasteiger partial charge in [-0.05, 0) is 28.1 Å². The quantitative estimate of drug-likeness (QED) is 0.850. The van der Waals surface area contributed by atoms with Crippen molar-refractivity contribution < 1.29 is 9.18 Å². The topological polar surface area (TPSA) is 43.1 Å². The molecule has 5 heteroatoms. The summed E-state index contributed by atoms with van der Waals surface area (Å²) in [4.78, 5) is 10.7. The maximum Gasteiger partial charge on any atom is 0.252 e. The van der Waals surface area contributed by atoms with Crippen LogP contribution in [0.3, 0.4) is 0 Å². The molecule has 1 aromatic carbocycles. The van der Waals surface area contributed by atoms with Gasteiger partial charge in [0.25, 0.3) is 5.91 Å². The molecule has 2 nitrogen and oxygen atoms in total. The Bertz CT molecular complexity index is 317. The highest BCUT2D eigenvalue weighted by atomic mass is 79.9. The second-order valence-corrected chi connectivity index (χ2v) is 3.88. The van der Waals surface area contributed by atoms with Crippen molar-refractivity contribution in [3.05, 3.63) is 32.5 Å². The van der Waals surface area contributed by atoms with Crippen LogP contribution in [-0.2, 0) is 0 Å². The molecule has 12 heavy (non-hydrogen) atoms. The highest BCUT2D eigenvalue weighted by molar-refractivity contribution is 9.11. The number of carbonyl (C=O) groups excluding carboxylic acids is 1. The average molecular weight is 297 g/mol. The summed E-state index contributed by atoms with van der Waals surface area (Å²) in [5.41, 5.74) is 4.81. The Morgan fingerprint density at radius 2 is 2.00 bits per heavy atom. The van der Waals surface area contributed by atoms with Gasteiger partial charge in [-0.15, -0.1) is 0 Å². The fourth-order valence-electron chi connectivity index (χ4n) is 0.778. The van der Waals surface area contributed by atoms with Gasteiger partial charge in [0, 0.05) is 8.95 Å². The first-order chi connectivity index (χ1) is 5.52. The van der Waals surface area contributed by atoms with Crippen molar-refractivity contribution in [2.45, 2.75) is 0 Å². The first-order valence-electron chi connectivity index (χ1n) is 2.96. The van der Waals surface area contributed by atoms with Gasteiger partial charge >= 0.3 is 0 Å². The number of carbonyl (C=O) groups is 1. The van der Waals surface area contributed by atoms with Crippen LogP contribution in [0.2, 0.25) is 0 Å². The summed E-state index contributed by atoms with van der Waals surface area (Å²) in [6.07, 6.45) is 0. The smallest absolute Gasteiger partial charge is 0.252 e. The number of amides is 1. The number of benzene rings is 1. The van der Waals surface area contributed by atoms with E-state index in [0.29, 0.717) is 8.95 Å². The zero-order valence-corrected chi connectivity index (χ0v) is 8.95. The predicted molar refractivity (Wildman–Crippen MR) is 50.3 cm³/mol. The van der Waals surface area contributed by atoms with E-state index in [1.165, 1.54) is 6.07 Å². The van der Waals surface area contributed by atoms with Crippen molar-refractivity contribution in [2.75, 3.05) is 0 Å². The summed E-state index contributed by atoms with van der Waals surface area (Å²) < 4.78 is 13.9. The second-order valence-electron chi connectivity index (χ2n) is 2.11. The van der Waals surface area contributed by atoms with E-state index in [2.05, 4.69) is 31.9 Å². The lowest BCUT2D eigenvalue weighted by atomic mass is 10.2. The molecule has 0 aliphatic rings. The number of halogens is 3. The molecule has 1 amide bonds. The summed E-state index contributed by atoms with van der Waals surface area (Å²) in [6, 6.07) is 2.74. The van der Waals surface area contributed by atoms with E-state index in [-0.39, 0.29) is 5.56 Å². The lowest BCUT2D eigenvalue weighted by molar-refractivity contribution is 0.0995. The molecule has 64 valence electrons. The van der Waals surface area contributed by atoms with Crippen LogP contribution in [0.15, 0.2) is 21.1 Å². The highest BCUT2D eigenvalue weighted by Crippen LogP contribution is 2.24. The molecule has 1 aromatic rings. The molecule has 0 saturated carbocycles. The van der Waals surface area contributed by atoms with Crippen molar-refractivity contribution in [1.29, 1.82) is 0 Å². The predicted octanol–water partition coefficient (Wildman–Crippen LogP) is 2.45. The fraction of sp³-hybridized carbons (Fsp3) is 0. The molecular formula is C7H4Br2FNO. The van der Waals surface area contributed by atoms with E-state index in [1.54, 1.807) is 6.07 Å². The Morgan fingerprint density at radius 3 is 2.42 bits per heavy atom. The number of rotatable bonds is 1. The molecule has 0 saturated heterocycles. The zero-order valence-electron chi connectivity index (χ0n) is 5.77. The standard InChI is InChI=1S/C7H4Br2FNO/c8-3-1-4(9)6(7(11)12)5(10)2-3/h1-2H,(H2,11,12). The van der Waals surface area contributed by atoms with Crippen molar-refractivity contribution in [3.63, 3.8) is 0 Å². The fourth-order valence-corrected chi connectivity index (χ4v) is 2.15. The molecule has 0 aromatic heterocycles. The summed E-state index contributed by atoms with van der Waals surface area (Å²) >= 11 is 6.10. The molecule has 0 radical (unpaired) electrons. The van der Waals surface area contributed by atoms with Crippen LogP contribution in [0.1, 0.15) is 10.4 Å². The van der Waals surface area contributed by atoms with Crippen molar-refractivity contribution >= 4 is 37.8 Å². The number of nitrogens with two attached hydrogens (primary N) is 1. The minimum absolute atomic E-state index is 0.127. The van der Waals surface area contributed by atoms with Crippen LogP contribution in [0, 0.1) is 5.82 Å². The monoisotopic (exact) mass is 295 g/mol. The lowest BCUT2D eigenvalue weighted by Crippen LogP contribution is -2.13. The first-order valence-corrected chi connectivity index (χ1v) is 4.55. The molecule has 0 fully saturated rings. The minimum atomic E-state index is -0.785. The molecule has 0 unspecified atom stereocenters. The van der Waals surface area contributed by atoms with Gasteiger partial charge in [-0.25, -0.2) is 4.39 Å². The van der Waals surface area contributed by atoms with E-state index >= 15 is 0 Å². The Kier molecular flexibility index (Phi) is 2.85. The summed E-state index contributed by atoms with van der Waals surface area (Å²) in [6.45, 7) is 0. The largest absolute Gasteiger partial charge is 0.365 e. The van der Waals surface area contributed by atoms with E-state index in [4.69, 9.17) is 5.73 Å². The number of hydrogen-bond donors (Lipinski definition) is 1. The van der Waals surface area contributed by atoms with Crippen LogP contribution in [0.4, 0.5) is 4.39 Å². The molecular weight excluding hydrogens is 293 g/mol. The van der Waals surface area contributed by atoms with Gasteiger partial charge in [-0.3, -0.25) is 4.79 Å². The van der Waals surface area contributed by atoms with Gasteiger partial charge < -0.3 is 5.73 Å². The van der Waals surface area contributed by atoms with Gasteiger partial charge in [-0.2, -0.15) is 0 Å². The van der Waals surface area contributed by atoms with Gasteiger partial charge in [0.2, 0.25) is 0 Å². The van der Waals surface area contributed by atoms with Crippen molar-refractivity contribution in [3.8, 4) is 0 Å². The summed E-state index contributed by atoms with van der Waals surface area (Å²) in [5.74, 6) is -1.42. The van der Waals surface area contributed by atoms with Gasteiger partial charge in [0.15, 0.2) is 0 Å². The first kappa shape index (κ1) is 9.67. The number of primary amides is 1. The second kappa shape index (κ2) is 3.53. The van der Waals surface area contributed by atoms with Crippen LogP contribution >= 0.6 is 31.9 Å². The van der Waals surface area contributed by atoms with Crippen LogP contribution in [0.5, 0.6) is 0 Å². The Hall–Kier alpha value is -0.420. The average Bonchev–Trinajstić information content (AvgIpc) is 1.82. The Labute approximate surface area is 85.2 Å². The maximum atomic E-state index is 13.0. The van der Waals surface area contributed by atoms with E-state index in [9.17, 15) is 9.18 Å². The van der Waals surface area contributed by atoms with Crippen LogP contribution < -0.4 is 5.73 Å². The molecule has 0 aliphatic carbocycles. The third-order valence-corrected chi connectivity index (χ3v) is 2.34. The summed E-state index contributed by atoms with van der Waals surface area (Å²) in [7, 11) is 0. The SMILES string of the molecule is NC(=O)c1c(F)cc(Br)cc1Br. The lowest BCUT2D eigenvalue weighted by Gasteiger charge is -2.01. The minimum Gasteiger partial charge on any atom is -0.365 e. The molecule has 0 spiro atoms. The molecule has 0 bridgehead atoms. The van der Waals surface area contributed by atoms with Crippen LogP contribution in [0.25, 0.3) is 0 Å². The molecule has 1 rings (SSSR count).